The highest BCUT2D eigenvalue weighted by Crippen LogP contribution is 2.22. The predicted molar refractivity (Wildman–Crippen MR) is 69.5 cm³/mol. The number of hydrogen-bond donors (Lipinski definition) is 1. The first-order valence-electron chi connectivity index (χ1n) is 5.82. The largest absolute Gasteiger partial charge is 0.316 e. The van der Waals surface area contributed by atoms with Crippen molar-refractivity contribution in [2.75, 3.05) is 12.8 Å². The number of benzene rings is 1. The quantitative estimate of drug-likeness (QED) is 0.731. The van der Waals surface area contributed by atoms with E-state index in [9.17, 15) is 4.39 Å². The monoisotopic (exact) mass is 241 g/mol. The van der Waals surface area contributed by atoms with Crippen molar-refractivity contribution < 1.29 is 4.39 Å². The lowest BCUT2D eigenvalue weighted by Crippen LogP contribution is -2.27. The fourth-order valence-electron chi connectivity index (χ4n) is 1.51. The summed E-state index contributed by atoms with van der Waals surface area (Å²) in [6.45, 7) is 2.19. The molecule has 16 heavy (non-hydrogen) atoms. The van der Waals surface area contributed by atoms with Crippen LogP contribution in [0.15, 0.2) is 29.2 Å². The van der Waals surface area contributed by atoms with Crippen LogP contribution >= 0.6 is 11.8 Å². The van der Waals surface area contributed by atoms with E-state index in [2.05, 4.69) is 12.2 Å². The van der Waals surface area contributed by atoms with Crippen molar-refractivity contribution in [3.05, 3.63) is 30.1 Å². The topological polar surface area (TPSA) is 12.0 Å². The summed E-state index contributed by atoms with van der Waals surface area (Å²) in [5.41, 5.74) is 0. The number of halogens is 1. The lowest BCUT2D eigenvalue weighted by atomic mass is 10.1. The molecule has 0 aliphatic heterocycles. The van der Waals surface area contributed by atoms with Gasteiger partial charge in [0.2, 0.25) is 0 Å². The molecule has 0 spiro atoms. The second kappa shape index (κ2) is 7.69. The third-order valence-corrected chi connectivity index (χ3v) is 3.80. The van der Waals surface area contributed by atoms with Crippen LogP contribution < -0.4 is 5.32 Å². The third-order valence-electron chi connectivity index (χ3n) is 2.59. The number of hydrogen-bond acceptors (Lipinski definition) is 2. The van der Waals surface area contributed by atoms with Crippen LogP contribution in [0.3, 0.4) is 0 Å². The van der Waals surface area contributed by atoms with Gasteiger partial charge >= 0.3 is 0 Å². The van der Waals surface area contributed by atoms with Crippen LogP contribution in [0.2, 0.25) is 0 Å². The summed E-state index contributed by atoms with van der Waals surface area (Å²) in [5.74, 6) is 0.815. The Bertz CT molecular complexity index is 304. The molecule has 1 N–H and O–H groups in total. The molecule has 0 fully saturated rings. The smallest absolute Gasteiger partial charge is 0.136 e. The number of unbranched alkanes of at least 4 members (excludes halogenated alkanes) is 1. The predicted octanol–water partition coefficient (Wildman–Crippen LogP) is 3.70. The maximum atomic E-state index is 13.4. The summed E-state index contributed by atoms with van der Waals surface area (Å²) in [6, 6.07) is 7.44. The third kappa shape index (κ3) is 4.54. The van der Waals surface area contributed by atoms with Crippen LogP contribution in [-0.4, -0.2) is 18.8 Å². The van der Waals surface area contributed by atoms with Gasteiger partial charge in [-0.25, -0.2) is 4.39 Å². The van der Waals surface area contributed by atoms with E-state index in [0.29, 0.717) is 6.04 Å². The van der Waals surface area contributed by atoms with Crippen LogP contribution in [-0.2, 0) is 0 Å². The van der Waals surface area contributed by atoms with Gasteiger partial charge in [0.1, 0.15) is 5.82 Å². The van der Waals surface area contributed by atoms with E-state index in [1.807, 2.05) is 19.2 Å². The van der Waals surface area contributed by atoms with Gasteiger partial charge in [-0.1, -0.05) is 31.9 Å². The summed E-state index contributed by atoms with van der Waals surface area (Å²) in [6.07, 6.45) is 3.60. The van der Waals surface area contributed by atoms with Gasteiger partial charge in [0, 0.05) is 16.7 Å². The highest BCUT2D eigenvalue weighted by Gasteiger charge is 2.08. The molecule has 0 aliphatic rings. The summed E-state index contributed by atoms with van der Waals surface area (Å²) in [5, 5.41) is 3.28. The molecule has 1 aromatic carbocycles. The molecule has 0 saturated carbocycles. The van der Waals surface area contributed by atoms with Crippen LogP contribution in [0.5, 0.6) is 0 Å². The molecule has 0 aliphatic carbocycles. The van der Waals surface area contributed by atoms with Crippen molar-refractivity contribution in [2.45, 2.75) is 37.1 Å². The highest BCUT2D eigenvalue weighted by atomic mass is 32.2. The molecule has 0 heterocycles. The van der Waals surface area contributed by atoms with Crippen molar-refractivity contribution >= 4 is 11.8 Å². The molecule has 1 unspecified atom stereocenters. The van der Waals surface area contributed by atoms with Crippen molar-refractivity contribution in [3.8, 4) is 0 Å². The second-order valence-electron chi connectivity index (χ2n) is 3.87. The molecular weight excluding hydrogens is 221 g/mol. The molecule has 0 saturated heterocycles. The summed E-state index contributed by atoms with van der Waals surface area (Å²) in [4.78, 5) is 0.749. The van der Waals surface area contributed by atoms with Gasteiger partial charge < -0.3 is 5.32 Å². The van der Waals surface area contributed by atoms with Gasteiger partial charge in [-0.05, 0) is 25.6 Å². The highest BCUT2D eigenvalue weighted by molar-refractivity contribution is 7.99. The Labute approximate surface area is 102 Å². The van der Waals surface area contributed by atoms with E-state index in [0.717, 1.165) is 17.1 Å². The molecule has 0 bridgehead atoms. The zero-order chi connectivity index (χ0) is 11.8. The fraction of sp³-hybridized carbons (Fsp3) is 0.538. The van der Waals surface area contributed by atoms with Gasteiger partial charge in [0.15, 0.2) is 0 Å². The Balaban J connectivity index is 2.40. The maximum Gasteiger partial charge on any atom is 0.136 e. The molecule has 1 nitrogen and oxygen atoms in total. The SMILES string of the molecule is CCCCC(CSc1ccccc1F)NC. The standard InChI is InChI=1S/C13H20FNS/c1-3-4-7-11(15-2)10-16-13-9-6-5-8-12(13)14/h5-6,8-9,11,15H,3-4,7,10H2,1-2H3. The Kier molecular flexibility index (Phi) is 6.50. The minimum Gasteiger partial charge on any atom is -0.316 e. The lowest BCUT2D eigenvalue weighted by molar-refractivity contribution is 0.543. The molecular formula is C13H20FNS. The van der Waals surface area contributed by atoms with Gasteiger partial charge in [-0.3, -0.25) is 0 Å². The van der Waals surface area contributed by atoms with Crippen molar-refractivity contribution in [2.24, 2.45) is 0 Å². The Hall–Kier alpha value is -0.540. The minimum absolute atomic E-state index is 0.113. The van der Waals surface area contributed by atoms with Gasteiger partial charge in [-0.2, -0.15) is 0 Å². The average Bonchev–Trinajstić information content (AvgIpc) is 2.31. The minimum atomic E-state index is -0.113. The maximum absolute atomic E-state index is 13.4. The normalized spacial score (nSPS) is 12.7. The van der Waals surface area contributed by atoms with Crippen LogP contribution in [0.4, 0.5) is 4.39 Å². The Morgan fingerprint density at radius 2 is 2.12 bits per heavy atom. The van der Waals surface area contributed by atoms with Crippen LogP contribution in [0.25, 0.3) is 0 Å². The molecule has 3 heteroatoms. The summed E-state index contributed by atoms with van der Waals surface area (Å²) in [7, 11) is 1.97. The van der Waals surface area contributed by atoms with E-state index >= 15 is 0 Å². The van der Waals surface area contributed by atoms with Gasteiger partial charge in [0.05, 0.1) is 0 Å². The van der Waals surface area contributed by atoms with Crippen LogP contribution in [0, 0.1) is 5.82 Å². The molecule has 1 atom stereocenters. The van der Waals surface area contributed by atoms with Gasteiger partial charge in [-0.15, -0.1) is 11.8 Å². The van der Waals surface area contributed by atoms with Crippen molar-refractivity contribution in [1.29, 1.82) is 0 Å². The van der Waals surface area contributed by atoms with E-state index in [1.165, 1.54) is 18.9 Å². The molecule has 0 aromatic heterocycles. The molecule has 90 valence electrons. The number of thioether (sulfide) groups is 1. The first kappa shape index (κ1) is 13.5. The Morgan fingerprint density at radius 1 is 1.38 bits per heavy atom. The van der Waals surface area contributed by atoms with E-state index in [1.54, 1.807) is 17.8 Å². The molecule has 1 rings (SSSR count). The second-order valence-corrected chi connectivity index (χ2v) is 4.93. The van der Waals surface area contributed by atoms with Crippen molar-refractivity contribution in [3.63, 3.8) is 0 Å². The summed E-state index contributed by atoms with van der Waals surface area (Å²) < 4.78 is 13.4. The lowest BCUT2D eigenvalue weighted by Gasteiger charge is -2.15. The molecule has 1 aromatic rings. The number of nitrogens with one attached hydrogen (secondary N) is 1. The molecule has 0 amide bonds. The zero-order valence-electron chi connectivity index (χ0n) is 10.0. The fourth-order valence-corrected chi connectivity index (χ4v) is 2.61. The Morgan fingerprint density at radius 3 is 2.75 bits per heavy atom. The first-order valence-corrected chi connectivity index (χ1v) is 6.81. The first-order chi connectivity index (χ1) is 7.77. The molecule has 0 radical (unpaired) electrons. The van der Waals surface area contributed by atoms with E-state index in [-0.39, 0.29) is 5.82 Å². The van der Waals surface area contributed by atoms with Crippen molar-refractivity contribution in [1.82, 2.24) is 5.32 Å². The number of rotatable bonds is 7. The van der Waals surface area contributed by atoms with E-state index in [4.69, 9.17) is 0 Å². The zero-order valence-corrected chi connectivity index (χ0v) is 10.8. The van der Waals surface area contributed by atoms with Crippen LogP contribution in [0.1, 0.15) is 26.2 Å². The summed E-state index contributed by atoms with van der Waals surface area (Å²) >= 11 is 1.59. The van der Waals surface area contributed by atoms with Gasteiger partial charge in [0.25, 0.3) is 0 Å². The average molecular weight is 241 g/mol. The van der Waals surface area contributed by atoms with E-state index < -0.39 is 0 Å².